The molecule has 0 aliphatic carbocycles. The Kier molecular flexibility index (Phi) is 6.00. The number of rotatable bonds is 5. The van der Waals surface area contributed by atoms with E-state index < -0.39 is 26.7 Å². The van der Waals surface area contributed by atoms with Crippen LogP contribution in [0.1, 0.15) is 17.5 Å². The molecule has 1 aliphatic rings. The molecule has 1 saturated heterocycles. The highest BCUT2D eigenvalue weighted by Gasteiger charge is 2.34. The minimum Gasteiger partial charge on any atom is -0.361 e. The van der Waals surface area contributed by atoms with Crippen molar-refractivity contribution in [1.82, 2.24) is 14.2 Å². The maximum absolute atomic E-state index is 12.9. The van der Waals surface area contributed by atoms with Gasteiger partial charge < -0.3 is 9.88 Å². The van der Waals surface area contributed by atoms with Crippen molar-refractivity contribution in [3.8, 4) is 0 Å². The van der Waals surface area contributed by atoms with Crippen LogP contribution >= 0.6 is 0 Å². The Hall–Kier alpha value is -2.85. The van der Waals surface area contributed by atoms with Crippen molar-refractivity contribution < 1.29 is 26.4 Å². The zero-order valence-corrected chi connectivity index (χ0v) is 17.9. The van der Waals surface area contributed by atoms with Gasteiger partial charge in [0, 0.05) is 49.7 Å². The van der Waals surface area contributed by atoms with E-state index in [4.69, 9.17) is 0 Å². The fraction of sp³-hybridized carbons (Fsp3) is 0.318. The number of halogens is 3. The number of fused-ring (bicyclic) bond motifs is 1. The van der Waals surface area contributed by atoms with Crippen molar-refractivity contribution in [3.05, 3.63) is 65.9 Å². The summed E-state index contributed by atoms with van der Waals surface area (Å²) in [7, 11) is -4.07. The maximum Gasteiger partial charge on any atom is 0.416 e. The van der Waals surface area contributed by atoms with Gasteiger partial charge in [0.1, 0.15) is 0 Å². The number of aromatic nitrogens is 1. The van der Waals surface area contributed by atoms with Crippen LogP contribution < -0.4 is 0 Å². The standard InChI is InChI=1S/C22H22F3N3O3S/c23-22(24,25)17-4-3-5-18(14-17)32(30,31)28-12-10-27(11-13-28)21(29)9-8-16-15-26-20-7-2-1-6-19(16)20/h1-7,14-15,26H,8-13H2. The molecule has 1 N–H and O–H groups in total. The molecular weight excluding hydrogens is 443 g/mol. The van der Waals surface area contributed by atoms with Crippen molar-refractivity contribution >= 4 is 26.8 Å². The zero-order chi connectivity index (χ0) is 22.9. The molecule has 4 rings (SSSR count). The number of nitrogens with one attached hydrogen (secondary N) is 1. The molecule has 1 aromatic heterocycles. The topological polar surface area (TPSA) is 73.5 Å². The van der Waals surface area contributed by atoms with Crippen LogP contribution in [0.5, 0.6) is 0 Å². The predicted octanol–water partition coefficient (Wildman–Crippen LogP) is 3.65. The minimum atomic E-state index is -4.62. The van der Waals surface area contributed by atoms with E-state index in [0.717, 1.165) is 39.0 Å². The molecule has 0 saturated carbocycles. The van der Waals surface area contributed by atoms with E-state index in [-0.39, 0.29) is 32.1 Å². The Balaban J connectivity index is 1.36. The lowest BCUT2D eigenvalue weighted by atomic mass is 10.1. The van der Waals surface area contributed by atoms with Crippen LogP contribution in [0.15, 0.2) is 59.6 Å². The molecule has 1 fully saturated rings. The molecule has 2 aromatic carbocycles. The molecule has 0 spiro atoms. The molecule has 0 atom stereocenters. The first-order chi connectivity index (χ1) is 15.2. The summed E-state index contributed by atoms with van der Waals surface area (Å²) in [5, 5.41) is 1.07. The number of aryl methyl sites for hydroxylation is 1. The Morgan fingerprint density at radius 1 is 1.00 bits per heavy atom. The van der Waals surface area contributed by atoms with E-state index >= 15 is 0 Å². The minimum absolute atomic E-state index is 0.0391. The third-order valence-corrected chi connectivity index (χ3v) is 7.57. The van der Waals surface area contributed by atoms with Crippen LogP contribution in [-0.2, 0) is 27.4 Å². The lowest BCUT2D eigenvalue weighted by Crippen LogP contribution is -2.50. The van der Waals surface area contributed by atoms with Gasteiger partial charge in [0.2, 0.25) is 15.9 Å². The molecule has 32 heavy (non-hydrogen) atoms. The lowest BCUT2D eigenvalue weighted by molar-refractivity contribution is -0.137. The van der Waals surface area contributed by atoms with E-state index in [9.17, 15) is 26.4 Å². The molecule has 6 nitrogen and oxygen atoms in total. The number of nitrogens with zero attached hydrogens (tertiary/aromatic N) is 2. The number of benzene rings is 2. The largest absolute Gasteiger partial charge is 0.416 e. The molecule has 170 valence electrons. The number of carbonyl (C=O) groups is 1. The average molecular weight is 465 g/mol. The number of hydrogen-bond acceptors (Lipinski definition) is 3. The number of amides is 1. The van der Waals surface area contributed by atoms with Crippen LogP contribution in [-0.4, -0.2) is 54.7 Å². The number of sulfonamides is 1. The second kappa shape index (κ2) is 8.59. The molecule has 2 heterocycles. The number of H-pyrrole nitrogens is 1. The number of alkyl halides is 3. The Morgan fingerprint density at radius 3 is 2.44 bits per heavy atom. The van der Waals surface area contributed by atoms with Crippen molar-refractivity contribution in [2.45, 2.75) is 23.9 Å². The van der Waals surface area contributed by atoms with Crippen molar-refractivity contribution in [2.75, 3.05) is 26.2 Å². The third kappa shape index (κ3) is 4.51. The molecular formula is C22H22F3N3O3S. The summed E-state index contributed by atoms with van der Waals surface area (Å²) in [6.45, 7) is 0.477. The van der Waals surface area contributed by atoms with Gasteiger partial charge in [-0.3, -0.25) is 4.79 Å². The number of aromatic amines is 1. The second-order valence-electron chi connectivity index (χ2n) is 7.67. The lowest BCUT2D eigenvalue weighted by Gasteiger charge is -2.34. The fourth-order valence-corrected chi connectivity index (χ4v) is 5.37. The fourth-order valence-electron chi connectivity index (χ4n) is 3.90. The predicted molar refractivity (Wildman–Crippen MR) is 113 cm³/mol. The SMILES string of the molecule is O=C(CCc1c[nH]c2ccccc12)N1CCN(S(=O)(=O)c2cccc(C(F)(F)F)c2)CC1. The van der Waals surface area contributed by atoms with Crippen LogP contribution in [0.25, 0.3) is 10.9 Å². The van der Waals surface area contributed by atoms with Gasteiger partial charge >= 0.3 is 6.18 Å². The van der Waals surface area contributed by atoms with E-state index in [1.165, 1.54) is 0 Å². The summed E-state index contributed by atoms with van der Waals surface area (Å²) in [5.74, 6) is -0.0774. The van der Waals surface area contributed by atoms with Gasteiger partial charge in [0.25, 0.3) is 0 Å². The molecule has 3 aromatic rings. The Morgan fingerprint density at radius 2 is 1.72 bits per heavy atom. The maximum atomic E-state index is 12.9. The highest BCUT2D eigenvalue weighted by molar-refractivity contribution is 7.89. The summed E-state index contributed by atoms with van der Waals surface area (Å²) in [5.41, 5.74) is 1.03. The van der Waals surface area contributed by atoms with Crippen LogP contribution in [0, 0.1) is 0 Å². The summed E-state index contributed by atoms with van der Waals surface area (Å²) >= 11 is 0. The summed E-state index contributed by atoms with van der Waals surface area (Å²) in [6.07, 6.45) is -1.88. The van der Waals surface area contributed by atoms with Crippen LogP contribution in [0.4, 0.5) is 13.2 Å². The molecule has 1 amide bonds. The normalized spacial score (nSPS) is 15.9. The Labute approximate surface area is 183 Å². The first-order valence-corrected chi connectivity index (χ1v) is 11.6. The van der Waals surface area contributed by atoms with E-state index in [0.29, 0.717) is 18.9 Å². The van der Waals surface area contributed by atoms with Crippen molar-refractivity contribution in [3.63, 3.8) is 0 Å². The van der Waals surface area contributed by atoms with Gasteiger partial charge in [-0.15, -0.1) is 0 Å². The van der Waals surface area contributed by atoms with Gasteiger partial charge in [0.15, 0.2) is 0 Å². The summed E-state index contributed by atoms with van der Waals surface area (Å²) < 4.78 is 65.6. The third-order valence-electron chi connectivity index (χ3n) is 5.67. The summed E-state index contributed by atoms with van der Waals surface area (Å²) in [4.78, 5) is 17.0. The quantitative estimate of drug-likeness (QED) is 0.625. The number of hydrogen-bond donors (Lipinski definition) is 1. The van der Waals surface area contributed by atoms with Crippen LogP contribution in [0.3, 0.4) is 0 Å². The van der Waals surface area contributed by atoms with Gasteiger partial charge in [-0.1, -0.05) is 24.3 Å². The monoisotopic (exact) mass is 465 g/mol. The van der Waals surface area contributed by atoms with Crippen LogP contribution in [0.2, 0.25) is 0 Å². The van der Waals surface area contributed by atoms with E-state index in [1.807, 2.05) is 30.5 Å². The molecule has 0 radical (unpaired) electrons. The first kappa shape index (κ1) is 22.3. The Bertz CT molecular complexity index is 1230. The van der Waals surface area contributed by atoms with E-state index in [1.54, 1.807) is 4.90 Å². The number of piperazine rings is 1. The second-order valence-corrected chi connectivity index (χ2v) is 9.61. The molecule has 1 aliphatic heterocycles. The van der Waals surface area contributed by atoms with Crippen molar-refractivity contribution in [1.29, 1.82) is 0 Å². The first-order valence-electron chi connectivity index (χ1n) is 10.2. The number of para-hydroxylation sites is 1. The van der Waals surface area contributed by atoms with Gasteiger partial charge in [0.05, 0.1) is 10.5 Å². The van der Waals surface area contributed by atoms with Gasteiger partial charge in [-0.25, -0.2) is 8.42 Å². The molecule has 10 heteroatoms. The molecule has 0 unspecified atom stereocenters. The smallest absolute Gasteiger partial charge is 0.361 e. The average Bonchev–Trinajstić information content (AvgIpc) is 3.20. The van der Waals surface area contributed by atoms with Gasteiger partial charge in [-0.2, -0.15) is 17.5 Å². The zero-order valence-electron chi connectivity index (χ0n) is 17.1. The van der Waals surface area contributed by atoms with Crippen molar-refractivity contribution in [2.24, 2.45) is 0 Å². The summed E-state index contributed by atoms with van der Waals surface area (Å²) in [6, 6.07) is 11.5. The van der Waals surface area contributed by atoms with Gasteiger partial charge in [-0.05, 0) is 36.2 Å². The highest BCUT2D eigenvalue weighted by atomic mass is 32.2. The molecule has 0 bridgehead atoms. The highest BCUT2D eigenvalue weighted by Crippen LogP contribution is 2.31. The van der Waals surface area contributed by atoms with E-state index in [2.05, 4.69) is 4.98 Å². The number of carbonyl (C=O) groups excluding carboxylic acids is 1.